The third-order valence-electron chi connectivity index (χ3n) is 4.75. The van der Waals surface area contributed by atoms with E-state index >= 15 is 0 Å². The summed E-state index contributed by atoms with van der Waals surface area (Å²) < 4.78 is 65.3. The lowest BCUT2D eigenvalue weighted by atomic mass is 10.0. The van der Waals surface area contributed by atoms with Gasteiger partial charge in [0.15, 0.2) is 10.7 Å². The highest BCUT2D eigenvalue weighted by Gasteiger charge is 2.39. The number of nitrogens with two attached hydrogens (primary N) is 1. The molecule has 0 bridgehead atoms. The number of pyridine rings is 1. The Morgan fingerprint density at radius 1 is 1.06 bits per heavy atom. The molecule has 0 amide bonds. The van der Waals surface area contributed by atoms with Crippen molar-refractivity contribution in [2.75, 3.05) is 0 Å². The molecule has 0 radical (unpaired) electrons. The van der Waals surface area contributed by atoms with E-state index in [4.69, 9.17) is 5.14 Å². The van der Waals surface area contributed by atoms with E-state index in [0.29, 0.717) is 5.56 Å². The molecule has 2 N–H and O–H groups in total. The van der Waals surface area contributed by atoms with E-state index in [1.807, 2.05) is 5.38 Å². The van der Waals surface area contributed by atoms with Gasteiger partial charge in [0.2, 0.25) is 0 Å². The van der Waals surface area contributed by atoms with Gasteiger partial charge in [0.1, 0.15) is 0 Å². The van der Waals surface area contributed by atoms with Crippen LogP contribution in [0.25, 0.3) is 28.2 Å². The van der Waals surface area contributed by atoms with Crippen LogP contribution in [-0.4, -0.2) is 28.2 Å². The summed E-state index contributed by atoms with van der Waals surface area (Å²) in [4.78, 5) is 8.01. The van der Waals surface area contributed by atoms with E-state index in [0.717, 1.165) is 28.2 Å². The topological polar surface area (TPSA) is 104 Å². The molecule has 0 aliphatic rings. The number of thiazole rings is 1. The first-order valence-corrected chi connectivity index (χ1v) is 11.8. The van der Waals surface area contributed by atoms with Crippen molar-refractivity contribution in [1.29, 1.82) is 0 Å². The Morgan fingerprint density at radius 3 is 2.21 bits per heavy atom. The Morgan fingerprint density at radius 2 is 1.73 bits per heavy atom. The Bertz CT molecular complexity index is 1350. The molecule has 1 aromatic carbocycles. The summed E-state index contributed by atoms with van der Waals surface area (Å²) >= 11 is 1.44. The van der Waals surface area contributed by atoms with Crippen molar-refractivity contribution in [3.63, 3.8) is 0 Å². The number of primary sulfonamides is 1. The van der Waals surface area contributed by atoms with Gasteiger partial charge in [0, 0.05) is 22.1 Å². The summed E-state index contributed by atoms with van der Waals surface area (Å²) in [6, 6.07) is 9.39. The molecule has 0 saturated heterocycles. The number of rotatable bonds is 5. The summed E-state index contributed by atoms with van der Waals surface area (Å²) in [7, 11) is -4.05. The lowest BCUT2D eigenvalue weighted by Crippen LogP contribution is -2.14. The molecular weight excluding hydrogens is 499 g/mol. The Labute approximate surface area is 197 Å². The predicted molar refractivity (Wildman–Crippen MR) is 121 cm³/mol. The minimum absolute atomic E-state index is 0. The minimum Gasteiger partial charge on any atom is -0.245 e. The molecule has 33 heavy (non-hydrogen) atoms. The van der Waals surface area contributed by atoms with E-state index in [1.165, 1.54) is 17.4 Å². The summed E-state index contributed by atoms with van der Waals surface area (Å²) in [6.45, 7) is 1.62. The van der Waals surface area contributed by atoms with E-state index in [-0.39, 0.29) is 35.8 Å². The van der Waals surface area contributed by atoms with Gasteiger partial charge in [-0.2, -0.15) is 18.3 Å². The maximum absolute atomic E-state index is 13.7. The normalized spacial score (nSPS) is 11.9. The molecule has 0 aliphatic carbocycles. The molecule has 13 heteroatoms. The fourth-order valence-electron chi connectivity index (χ4n) is 3.32. The van der Waals surface area contributed by atoms with Crippen LogP contribution in [0.3, 0.4) is 0 Å². The maximum atomic E-state index is 13.7. The van der Waals surface area contributed by atoms with Crippen molar-refractivity contribution in [3.05, 3.63) is 64.7 Å². The summed E-state index contributed by atoms with van der Waals surface area (Å²) in [5.74, 6) is 0. The molecular formula is C20H17ClF3N5O2S2. The second-order valence-electron chi connectivity index (χ2n) is 6.79. The molecule has 0 saturated carbocycles. The zero-order valence-electron chi connectivity index (χ0n) is 16.9. The number of halogens is 4. The Kier molecular flexibility index (Phi) is 6.93. The Balaban J connectivity index is 0.00000306. The smallest absolute Gasteiger partial charge is 0.245 e. The number of nitrogens with zero attached hydrogens (tertiary/aromatic N) is 4. The number of hydrogen-bond donors (Lipinski definition) is 1. The van der Waals surface area contributed by atoms with Gasteiger partial charge in [-0.25, -0.2) is 28.2 Å². The van der Waals surface area contributed by atoms with E-state index < -0.39 is 26.9 Å². The molecule has 7 nitrogen and oxygen atoms in total. The molecule has 4 aromatic rings. The largest absolute Gasteiger partial charge is 0.435 e. The van der Waals surface area contributed by atoms with Crippen LogP contribution in [0.4, 0.5) is 13.2 Å². The van der Waals surface area contributed by atoms with E-state index in [2.05, 4.69) is 15.1 Å². The molecule has 0 unspecified atom stereocenters. The first-order valence-electron chi connectivity index (χ1n) is 9.27. The van der Waals surface area contributed by atoms with Gasteiger partial charge >= 0.3 is 6.18 Å². The average molecular weight is 516 g/mol. The van der Waals surface area contributed by atoms with Crippen molar-refractivity contribution in [3.8, 4) is 28.2 Å². The van der Waals surface area contributed by atoms with Crippen LogP contribution in [0.2, 0.25) is 0 Å². The average Bonchev–Trinajstić information content (AvgIpc) is 3.41. The maximum Gasteiger partial charge on any atom is 0.435 e. The highest BCUT2D eigenvalue weighted by atomic mass is 35.5. The number of aromatic nitrogens is 4. The van der Waals surface area contributed by atoms with Gasteiger partial charge in [0.25, 0.3) is 10.0 Å². The molecule has 174 valence electrons. The van der Waals surface area contributed by atoms with Gasteiger partial charge in [-0.05, 0) is 18.6 Å². The first kappa shape index (κ1) is 24.8. The highest BCUT2D eigenvalue weighted by molar-refractivity contribution is 7.89. The van der Waals surface area contributed by atoms with Crippen LogP contribution in [0.1, 0.15) is 18.2 Å². The van der Waals surface area contributed by atoms with Gasteiger partial charge in [0.05, 0.1) is 28.8 Å². The predicted octanol–water partition coefficient (Wildman–Crippen LogP) is 4.71. The summed E-state index contributed by atoms with van der Waals surface area (Å²) in [6.07, 6.45) is -3.46. The van der Waals surface area contributed by atoms with Crippen molar-refractivity contribution in [2.24, 2.45) is 5.14 Å². The number of sulfonamides is 1. The fraction of sp³-hybridized carbons (Fsp3) is 0.150. The van der Waals surface area contributed by atoms with Gasteiger partial charge < -0.3 is 0 Å². The molecule has 3 heterocycles. The number of hydrogen-bond acceptors (Lipinski definition) is 6. The van der Waals surface area contributed by atoms with Crippen LogP contribution in [-0.2, 0) is 22.6 Å². The van der Waals surface area contributed by atoms with Gasteiger partial charge in [-0.15, -0.1) is 23.7 Å². The van der Waals surface area contributed by atoms with Crippen LogP contribution < -0.4 is 5.14 Å². The molecule has 0 spiro atoms. The van der Waals surface area contributed by atoms with Crippen molar-refractivity contribution in [1.82, 2.24) is 19.7 Å². The Hall–Kier alpha value is -2.80. The molecule has 0 atom stereocenters. The van der Waals surface area contributed by atoms with Crippen LogP contribution in [0, 0.1) is 0 Å². The third-order valence-corrected chi connectivity index (χ3v) is 6.16. The quantitative estimate of drug-likeness (QED) is 0.414. The second-order valence-corrected chi connectivity index (χ2v) is 9.02. The highest BCUT2D eigenvalue weighted by Crippen LogP contribution is 2.38. The van der Waals surface area contributed by atoms with Gasteiger partial charge in [-0.1, -0.05) is 31.2 Å². The fourth-order valence-corrected chi connectivity index (χ4v) is 4.33. The van der Waals surface area contributed by atoms with Crippen LogP contribution in [0.15, 0.2) is 58.5 Å². The summed E-state index contributed by atoms with van der Waals surface area (Å²) in [5.41, 5.74) is 3.24. The van der Waals surface area contributed by atoms with E-state index in [9.17, 15) is 21.6 Å². The molecule has 0 fully saturated rings. The van der Waals surface area contributed by atoms with Crippen molar-refractivity contribution in [2.45, 2.75) is 24.5 Å². The monoisotopic (exact) mass is 515 g/mol. The third kappa shape index (κ3) is 4.93. The zero-order valence-corrected chi connectivity index (χ0v) is 19.4. The first-order chi connectivity index (χ1) is 15.1. The van der Waals surface area contributed by atoms with Crippen LogP contribution in [0.5, 0.6) is 0 Å². The molecule has 3 aromatic heterocycles. The standard InChI is InChI=1S/C20H16F3N5O2S2.ClH/c1-2-15-18(13-5-3-12(4-6-13)16-10-31-11-26-16)28(27-19(15)20(21,22)23)14-7-8-17(25-9-14)32(24,29)30;/h3-11H,2H2,1H3,(H2,24,29,30);1H. The van der Waals surface area contributed by atoms with Crippen molar-refractivity contribution < 1.29 is 21.6 Å². The lowest BCUT2D eigenvalue weighted by molar-refractivity contribution is -0.141. The lowest BCUT2D eigenvalue weighted by Gasteiger charge is -2.10. The second kappa shape index (κ2) is 9.21. The minimum atomic E-state index is -4.67. The SMILES string of the molecule is CCc1c(C(F)(F)F)nn(-c2ccc(S(N)(=O)=O)nc2)c1-c1ccc(-c2cscn2)cc1.Cl. The molecule has 0 aliphatic heterocycles. The number of alkyl halides is 3. The van der Waals surface area contributed by atoms with Crippen LogP contribution >= 0.6 is 23.7 Å². The van der Waals surface area contributed by atoms with Gasteiger partial charge in [-0.3, -0.25) is 0 Å². The number of benzene rings is 1. The summed E-state index contributed by atoms with van der Waals surface area (Å²) in [5, 5.41) is 10.4. The zero-order chi connectivity index (χ0) is 23.1. The molecule has 4 rings (SSSR count). The van der Waals surface area contributed by atoms with Crippen molar-refractivity contribution >= 4 is 33.8 Å². The van der Waals surface area contributed by atoms with E-state index in [1.54, 1.807) is 36.7 Å².